The summed E-state index contributed by atoms with van der Waals surface area (Å²) in [5.74, 6) is -2.51. The molecule has 0 unspecified atom stereocenters. The zero-order chi connectivity index (χ0) is 14.6. The minimum absolute atomic E-state index is 0.306. The Hall–Kier alpha value is -1.84. The second kappa shape index (κ2) is 10.7. The lowest BCUT2D eigenvalue weighted by Crippen LogP contribution is -2.04. The van der Waals surface area contributed by atoms with E-state index in [9.17, 15) is 9.59 Å². The molecular weight excluding hydrogens is 220 g/mol. The lowest BCUT2D eigenvalue weighted by atomic mass is 9.89. The van der Waals surface area contributed by atoms with Crippen molar-refractivity contribution in [3.63, 3.8) is 0 Å². The standard InChI is InChI=1S/C7H14.C4H4O4.C2H4/c1-6(2)7(3,4)5;5-3(6)1-2-4(7)8;1-2/h1H2,2-5H3;1-2H,(H,5,6)(H,7,8);1-2H2. The third-order valence-corrected chi connectivity index (χ3v) is 1.65. The monoisotopic (exact) mass is 242 g/mol. The molecule has 0 bridgehead atoms. The van der Waals surface area contributed by atoms with Crippen LogP contribution >= 0.6 is 0 Å². The molecule has 0 aliphatic heterocycles. The van der Waals surface area contributed by atoms with Crippen molar-refractivity contribution in [2.75, 3.05) is 0 Å². The number of hydrogen-bond acceptors (Lipinski definition) is 2. The fourth-order valence-electron chi connectivity index (χ4n) is 0.143. The summed E-state index contributed by atoms with van der Waals surface area (Å²) >= 11 is 0. The first-order valence-electron chi connectivity index (χ1n) is 4.87. The molecule has 0 rings (SSSR count). The van der Waals surface area contributed by atoms with Crippen LogP contribution in [0.4, 0.5) is 0 Å². The SMILES string of the molecule is C=C.C=C(C)C(C)(C)C.O=C(O)C=CC(=O)O. The van der Waals surface area contributed by atoms with Crippen LogP contribution in [0.1, 0.15) is 27.7 Å². The van der Waals surface area contributed by atoms with E-state index in [4.69, 9.17) is 10.2 Å². The van der Waals surface area contributed by atoms with Crippen LogP contribution in [-0.4, -0.2) is 22.2 Å². The molecule has 0 aliphatic rings. The molecule has 0 aliphatic carbocycles. The molecule has 0 saturated carbocycles. The Morgan fingerprint density at radius 2 is 1.18 bits per heavy atom. The van der Waals surface area contributed by atoms with Crippen molar-refractivity contribution >= 4 is 11.9 Å². The molecule has 0 atom stereocenters. The highest BCUT2D eigenvalue weighted by atomic mass is 16.4. The lowest BCUT2D eigenvalue weighted by Gasteiger charge is -2.16. The molecule has 0 fully saturated rings. The highest BCUT2D eigenvalue weighted by Crippen LogP contribution is 2.21. The summed E-state index contributed by atoms with van der Waals surface area (Å²) in [6, 6.07) is 0. The molecule has 0 aromatic carbocycles. The highest BCUT2D eigenvalue weighted by molar-refractivity contribution is 5.89. The van der Waals surface area contributed by atoms with Gasteiger partial charge < -0.3 is 10.2 Å². The van der Waals surface area contributed by atoms with Crippen LogP contribution in [-0.2, 0) is 9.59 Å². The molecule has 0 heterocycles. The fourth-order valence-corrected chi connectivity index (χ4v) is 0.143. The smallest absolute Gasteiger partial charge is 0.328 e. The van der Waals surface area contributed by atoms with Crippen molar-refractivity contribution in [1.82, 2.24) is 0 Å². The molecule has 2 N–H and O–H groups in total. The van der Waals surface area contributed by atoms with E-state index in [1.54, 1.807) is 0 Å². The average molecular weight is 242 g/mol. The summed E-state index contributed by atoms with van der Waals surface area (Å²) in [5.41, 5.74) is 1.55. The van der Waals surface area contributed by atoms with Crippen LogP contribution in [0, 0.1) is 5.41 Å². The zero-order valence-corrected chi connectivity index (χ0v) is 11.0. The summed E-state index contributed by atoms with van der Waals surface area (Å²) in [6.07, 6.45) is 1.12. The van der Waals surface area contributed by atoms with E-state index in [1.807, 2.05) is 0 Å². The van der Waals surface area contributed by atoms with E-state index in [1.165, 1.54) is 5.57 Å². The van der Waals surface area contributed by atoms with Crippen molar-refractivity contribution in [2.45, 2.75) is 27.7 Å². The minimum Gasteiger partial charge on any atom is -0.478 e. The van der Waals surface area contributed by atoms with E-state index >= 15 is 0 Å². The maximum atomic E-state index is 9.55. The van der Waals surface area contributed by atoms with Crippen molar-refractivity contribution in [3.8, 4) is 0 Å². The predicted molar refractivity (Wildman–Crippen MR) is 69.9 cm³/mol. The number of carboxylic acids is 2. The maximum Gasteiger partial charge on any atom is 0.328 e. The third kappa shape index (κ3) is 25.0. The van der Waals surface area contributed by atoms with Gasteiger partial charge in [-0.3, -0.25) is 0 Å². The van der Waals surface area contributed by atoms with Crippen LogP contribution in [0.5, 0.6) is 0 Å². The van der Waals surface area contributed by atoms with Crippen LogP contribution in [0.3, 0.4) is 0 Å². The van der Waals surface area contributed by atoms with Crippen molar-refractivity contribution in [2.24, 2.45) is 5.41 Å². The highest BCUT2D eigenvalue weighted by Gasteiger charge is 2.08. The number of hydrogen-bond donors (Lipinski definition) is 2. The first kappa shape index (κ1) is 20.6. The Morgan fingerprint density at radius 3 is 1.24 bits per heavy atom. The topological polar surface area (TPSA) is 74.6 Å². The van der Waals surface area contributed by atoms with Gasteiger partial charge in [0.25, 0.3) is 0 Å². The third-order valence-electron chi connectivity index (χ3n) is 1.65. The quantitative estimate of drug-likeness (QED) is 0.576. The number of carboxylic acid groups (broad SMARTS) is 2. The first-order valence-corrected chi connectivity index (χ1v) is 4.87. The number of carbonyl (C=O) groups is 2. The van der Waals surface area contributed by atoms with E-state index < -0.39 is 11.9 Å². The molecule has 0 aromatic rings. The van der Waals surface area contributed by atoms with E-state index in [-0.39, 0.29) is 0 Å². The van der Waals surface area contributed by atoms with Gasteiger partial charge in [0.05, 0.1) is 0 Å². The summed E-state index contributed by atoms with van der Waals surface area (Å²) < 4.78 is 0. The predicted octanol–water partition coefficient (Wildman–Crippen LogP) is 3.12. The molecule has 4 nitrogen and oxygen atoms in total. The van der Waals surface area contributed by atoms with Gasteiger partial charge in [0.2, 0.25) is 0 Å². The van der Waals surface area contributed by atoms with Crippen LogP contribution in [0.2, 0.25) is 0 Å². The molecule has 17 heavy (non-hydrogen) atoms. The number of aliphatic carboxylic acids is 2. The fraction of sp³-hybridized carbons (Fsp3) is 0.385. The summed E-state index contributed by atoms with van der Waals surface area (Å²) in [4.78, 5) is 19.1. The normalized spacial score (nSPS) is 9.41. The molecule has 4 heteroatoms. The molecule has 0 amide bonds. The number of rotatable bonds is 2. The summed E-state index contributed by atoms with van der Waals surface area (Å²) in [7, 11) is 0. The van der Waals surface area contributed by atoms with Gasteiger partial charge in [-0.25, -0.2) is 9.59 Å². The van der Waals surface area contributed by atoms with E-state index in [2.05, 4.69) is 47.4 Å². The average Bonchev–Trinajstić information content (AvgIpc) is 2.17. The van der Waals surface area contributed by atoms with Gasteiger partial charge in [0.15, 0.2) is 0 Å². The van der Waals surface area contributed by atoms with E-state index in [0.29, 0.717) is 17.6 Å². The Bertz CT molecular complexity index is 266. The molecule has 98 valence electrons. The molecule has 0 radical (unpaired) electrons. The largest absolute Gasteiger partial charge is 0.478 e. The molecular formula is C13H22O4. The van der Waals surface area contributed by atoms with E-state index in [0.717, 1.165) is 0 Å². The minimum atomic E-state index is -1.26. The second-order valence-electron chi connectivity index (χ2n) is 4.04. The zero-order valence-electron chi connectivity index (χ0n) is 11.0. The van der Waals surface area contributed by atoms with Crippen LogP contribution in [0.25, 0.3) is 0 Å². The van der Waals surface area contributed by atoms with Crippen LogP contribution in [0.15, 0.2) is 37.5 Å². The summed E-state index contributed by atoms with van der Waals surface area (Å²) in [6.45, 7) is 18.4. The van der Waals surface area contributed by atoms with Gasteiger partial charge >= 0.3 is 11.9 Å². The van der Waals surface area contributed by atoms with Gasteiger partial charge in [-0.1, -0.05) is 32.9 Å². The van der Waals surface area contributed by atoms with Gasteiger partial charge in [-0.05, 0) is 12.3 Å². The Balaban J connectivity index is -0.000000202. The molecule has 0 saturated heterocycles. The molecule has 0 spiro atoms. The summed E-state index contributed by atoms with van der Waals surface area (Å²) in [5, 5.41) is 15.6. The van der Waals surface area contributed by atoms with Crippen molar-refractivity contribution in [3.05, 3.63) is 37.5 Å². The Kier molecular flexibility index (Phi) is 12.9. The van der Waals surface area contributed by atoms with Crippen molar-refractivity contribution < 1.29 is 19.8 Å². The Morgan fingerprint density at radius 1 is 1.00 bits per heavy atom. The molecule has 0 aromatic heterocycles. The van der Waals surface area contributed by atoms with Gasteiger partial charge in [0, 0.05) is 12.2 Å². The van der Waals surface area contributed by atoms with Gasteiger partial charge in [-0.2, -0.15) is 0 Å². The van der Waals surface area contributed by atoms with Crippen molar-refractivity contribution in [1.29, 1.82) is 0 Å². The van der Waals surface area contributed by atoms with Crippen LogP contribution < -0.4 is 0 Å². The second-order valence-corrected chi connectivity index (χ2v) is 4.04. The maximum absolute atomic E-state index is 9.55. The number of allylic oxidation sites excluding steroid dienone is 1. The lowest BCUT2D eigenvalue weighted by molar-refractivity contribution is -0.134. The van der Waals surface area contributed by atoms with Gasteiger partial charge in [-0.15, -0.1) is 13.2 Å². The first-order chi connectivity index (χ1) is 7.57. The van der Waals surface area contributed by atoms with Gasteiger partial charge in [0.1, 0.15) is 0 Å². The Labute approximate surface area is 103 Å².